The highest BCUT2D eigenvalue weighted by Crippen LogP contribution is 2.37. The second-order valence-corrected chi connectivity index (χ2v) is 6.11. The Bertz CT molecular complexity index is 462. The van der Waals surface area contributed by atoms with Crippen LogP contribution in [0.15, 0.2) is 18.2 Å². The average molecular weight is 300 g/mol. The molecule has 1 aromatic rings. The Labute approximate surface area is 125 Å². The number of hydrogen-bond acceptors (Lipinski definition) is 3. The van der Waals surface area contributed by atoms with Crippen molar-refractivity contribution in [2.45, 2.75) is 44.7 Å². The second kappa shape index (κ2) is 6.39. The van der Waals surface area contributed by atoms with Gasteiger partial charge in [-0.05, 0) is 51.4 Å². The summed E-state index contributed by atoms with van der Waals surface area (Å²) in [6.45, 7) is 6.35. The molecule has 0 amide bonds. The summed E-state index contributed by atoms with van der Waals surface area (Å²) < 4.78 is 14.2. The number of halogens is 2. The summed E-state index contributed by atoms with van der Waals surface area (Å²) in [6, 6.07) is 4.53. The third kappa shape index (κ3) is 2.84. The van der Waals surface area contributed by atoms with Gasteiger partial charge < -0.3 is 0 Å². The quantitative estimate of drug-likeness (QED) is 0.648. The van der Waals surface area contributed by atoms with Crippen molar-refractivity contribution in [2.75, 3.05) is 13.1 Å². The highest BCUT2D eigenvalue weighted by molar-refractivity contribution is 6.30. The second-order valence-electron chi connectivity index (χ2n) is 5.67. The molecule has 20 heavy (non-hydrogen) atoms. The molecule has 0 saturated carbocycles. The first kappa shape index (κ1) is 15.7. The van der Waals surface area contributed by atoms with Gasteiger partial charge >= 0.3 is 0 Å². The number of nitrogens with two attached hydrogens (primary N) is 1. The Morgan fingerprint density at radius 2 is 2.10 bits per heavy atom. The first-order valence-electron chi connectivity index (χ1n) is 7.19. The Morgan fingerprint density at radius 1 is 1.45 bits per heavy atom. The van der Waals surface area contributed by atoms with Gasteiger partial charge in [0.05, 0.1) is 6.04 Å². The molecule has 2 unspecified atom stereocenters. The number of nitrogens with zero attached hydrogens (tertiary/aromatic N) is 1. The largest absolute Gasteiger partial charge is 0.296 e. The van der Waals surface area contributed by atoms with E-state index in [1.165, 1.54) is 18.9 Å². The molecule has 0 radical (unpaired) electrons. The van der Waals surface area contributed by atoms with Gasteiger partial charge in [-0.25, -0.2) is 4.39 Å². The summed E-state index contributed by atoms with van der Waals surface area (Å²) in [6.07, 6.45) is 3.27. The molecule has 1 fully saturated rings. The molecule has 5 heteroatoms. The molecule has 112 valence electrons. The van der Waals surface area contributed by atoms with E-state index in [4.69, 9.17) is 17.4 Å². The van der Waals surface area contributed by atoms with Gasteiger partial charge in [0.25, 0.3) is 0 Å². The molecule has 1 aliphatic rings. The molecule has 0 bridgehead atoms. The summed E-state index contributed by atoms with van der Waals surface area (Å²) in [5, 5.41) is 0.404. The molecule has 0 aliphatic carbocycles. The van der Waals surface area contributed by atoms with E-state index in [1.807, 2.05) is 0 Å². The van der Waals surface area contributed by atoms with Crippen LogP contribution in [0.1, 0.15) is 44.7 Å². The number of likely N-dealkylation sites (tertiary alicyclic amines) is 1. The van der Waals surface area contributed by atoms with Crippen LogP contribution in [0.2, 0.25) is 5.02 Å². The molecule has 1 heterocycles. The predicted molar refractivity (Wildman–Crippen MR) is 81.0 cm³/mol. The molecular formula is C15H23ClFN3. The third-order valence-corrected chi connectivity index (χ3v) is 4.84. The molecule has 2 atom stereocenters. The van der Waals surface area contributed by atoms with Crippen LogP contribution in [0, 0.1) is 5.82 Å². The molecule has 1 aliphatic heterocycles. The first-order chi connectivity index (χ1) is 9.52. The molecule has 1 aromatic carbocycles. The Hall–Kier alpha value is -0.680. The maximum absolute atomic E-state index is 14.2. The fourth-order valence-electron chi connectivity index (χ4n) is 3.18. The van der Waals surface area contributed by atoms with Crippen molar-refractivity contribution in [3.8, 4) is 0 Å². The zero-order chi connectivity index (χ0) is 14.8. The molecule has 2 rings (SSSR count). The van der Waals surface area contributed by atoms with Crippen LogP contribution < -0.4 is 11.3 Å². The maximum atomic E-state index is 14.2. The van der Waals surface area contributed by atoms with E-state index in [9.17, 15) is 4.39 Å². The lowest BCUT2D eigenvalue weighted by Crippen LogP contribution is -2.55. The summed E-state index contributed by atoms with van der Waals surface area (Å²) in [7, 11) is 0. The van der Waals surface area contributed by atoms with Crippen LogP contribution in [0.3, 0.4) is 0 Å². The van der Waals surface area contributed by atoms with E-state index < -0.39 is 0 Å². The van der Waals surface area contributed by atoms with Gasteiger partial charge in [0, 0.05) is 16.1 Å². The van der Waals surface area contributed by atoms with Crippen molar-refractivity contribution < 1.29 is 4.39 Å². The van der Waals surface area contributed by atoms with Gasteiger partial charge in [-0.3, -0.25) is 16.2 Å². The van der Waals surface area contributed by atoms with Crippen molar-refractivity contribution in [2.24, 2.45) is 5.84 Å². The van der Waals surface area contributed by atoms with Crippen LogP contribution in [0.4, 0.5) is 4.39 Å². The minimum absolute atomic E-state index is 0.208. The molecular weight excluding hydrogens is 277 g/mol. The van der Waals surface area contributed by atoms with Gasteiger partial charge in [-0.2, -0.15) is 0 Å². The lowest BCUT2D eigenvalue weighted by Gasteiger charge is -2.44. The number of benzene rings is 1. The van der Waals surface area contributed by atoms with Crippen LogP contribution in [-0.2, 0) is 0 Å². The van der Waals surface area contributed by atoms with Crippen molar-refractivity contribution in [1.82, 2.24) is 10.3 Å². The first-order valence-corrected chi connectivity index (χ1v) is 7.57. The van der Waals surface area contributed by atoms with Gasteiger partial charge in [0.1, 0.15) is 5.82 Å². The molecule has 0 spiro atoms. The molecule has 3 nitrogen and oxygen atoms in total. The van der Waals surface area contributed by atoms with Crippen molar-refractivity contribution in [1.29, 1.82) is 0 Å². The van der Waals surface area contributed by atoms with E-state index in [-0.39, 0.29) is 17.4 Å². The van der Waals surface area contributed by atoms with E-state index >= 15 is 0 Å². The van der Waals surface area contributed by atoms with Crippen molar-refractivity contribution in [3.63, 3.8) is 0 Å². The van der Waals surface area contributed by atoms with Crippen molar-refractivity contribution in [3.05, 3.63) is 34.6 Å². The smallest absolute Gasteiger partial charge is 0.129 e. The van der Waals surface area contributed by atoms with E-state index in [1.54, 1.807) is 12.1 Å². The summed E-state index contributed by atoms with van der Waals surface area (Å²) in [5.41, 5.74) is 3.19. The van der Waals surface area contributed by atoms with E-state index in [0.29, 0.717) is 10.6 Å². The van der Waals surface area contributed by atoms with Gasteiger partial charge in [-0.1, -0.05) is 24.6 Å². The van der Waals surface area contributed by atoms with Crippen LogP contribution in [-0.4, -0.2) is 23.5 Å². The lowest BCUT2D eigenvalue weighted by molar-refractivity contribution is 0.0825. The van der Waals surface area contributed by atoms with Crippen molar-refractivity contribution >= 4 is 11.6 Å². The molecule has 1 saturated heterocycles. The minimum Gasteiger partial charge on any atom is -0.296 e. The fourth-order valence-corrected chi connectivity index (χ4v) is 3.34. The monoisotopic (exact) mass is 299 g/mol. The van der Waals surface area contributed by atoms with Crippen LogP contribution >= 0.6 is 11.6 Å². The topological polar surface area (TPSA) is 41.3 Å². The zero-order valence-electron chi connectivity index (χ0n) is 12.1. The fraction of sp³-hybridized carbons (Fsp3) is 0.600. The third-order valence-electron chi connectivity index (χ3n) is 4.61. The number of hydrazine groups is 1. The van der Waals surface area contributed by atoms with Gasteiger partial charge in [0.2, 0.25) is 0 Å². The normalized spacial score (nSPS) is 20.9. The Morgan fingerprint density at radius 3 is 2.60 bits per heavy atom. The average Bonchev–Trinajstić information content (AvgIpc) is 2.96. The van der Waals surface area contributed by atoms with Crippen LogP contribution in [0.25, 0.3) is 0 Å². The SMILES string of the molecule is CCC(C)(C(NN)c1ccc(Cl)cc1F)N1CCCC1. The predicted octanol–water partition coefficient (Wildman–Crippen LogP) is 3.25. The van der Waals surface area contributed by atoms with E-state index in [0.717, 1.165) is 19.5 Å². The summed E-state index contributed by atoms with van der Waals surface area (Å²) in [4.78, 5) is 2.41. The number of rotatable bonds is 5. The minimum atomic E-state index is -0.306. The molecule has 3 N–H and O–H groups in total. The van der Waals surface area contributed by atoms with Crippen LogP contribution in [0.5, 0.6) is 0 Å². The van der Waals surface area contributed by atoms with E-state index in [2.05, 4.69) is 24.2 Å². The van der Waals surface area contributed by atoms with Gasteiger partial charge in [0.15, 0.2) is 0 Å². The Kier molecular flexibility index (Phi) is 5.02. The highest BCUT2D eigenvalue weighted by atomic mass is 35.5. The lowest BCUT2D eigenvalue weighted by atomic mass is 9.83. The standard InChI is InChI=1S/C15H23ClFN3/c1-3-15(2,20-8-4-5-9-20)14(19-18)12-7-6-11(16)10-13(12)17/h6-7,10,14,19H,3-5,8-9,18H2,1-2H3. The highest BCUT2D eigenvalue weighted by Gasteiger charge is 2.40. The summed E-state index contributed by atoms with van der Waals surface area (Å²) >= 11 is 5.84. The maximum Gasteiger partial charge on any atom is 0.129 e. The zero-order valence-corrected chi connectivity index (χ0v) is 12.9. The number of nitrogens with one attached hydrogen (secondary N) is 1. The Balaban J connectivity index is 2.38. The molecule has 0 aromatic heterocycles. The number of hydrogen-bond donors (Lipinski definition) is 2. The summed E-state index contributed by atoms with van der Waals surface area (Å²) in [5.74, 6) is 5.46. The van der Waals surface area contributed by atoms with Gasteiger partial charge in [-0.15, -0.1) is 0 Å².